The van der Waals surface area contributed by atoms with Gasteiger partial charge in [-0.3, -0.25) is 0 Å². The minimum atomic E-state index is 0.856. The van der Waals surface area contributed by atoms with E-state index in [9.17, 15) is 0 Å². The van der Waals surface area contributed by atoms with Gasteiger partial charge in [0.15, 0.2) is 0 Å². The molecule has 1 rings (SSSR count). The first-order valence-electron chi connectivity index (χ1n) is 4.34. The van der Waals surface area contributed by atoms with Gasteiger partial charge in [0.25, 0.3) is 0 Å². The summed E-state index contributed by atoms with van der Waals surface area (Å²) < 4.78 is 0.856. The number of hydrogen-bond donors (Lipinski definition) is 0. The van der Waals surface area contributed by atoms with Crippen molar-refractivity contribution in [2.24, 2.45) is 17.8 Å². The van der Waals surface area contributed by atoms with Gasteiger partial charge in [-0.15, -0.1) is 0 Å². The van der Waals surface area contributed by atoms with Gasteiger partial charge in [0.2, 0.25) is 0 Å². The van der Waals surface area contributed by atoms with Crippen molar-refractivity contribution in [2.75, 3.05) is 11.5 Å². The van der Waals surface area contributed by atoms with Gasteiger partial charge in [-0.25, -0.2) is 0 Å². The van der Waals surface area contributed by atoms with Gasteiger partial charge < -0.3 is 0 Å². The Morgan fingerprint density at radius 1 is 1.18 bits per heavy atom. The highest BCUT2D eigenvalue weighted by molar-refractivity contribution is 14.1. The summed E-state index contributed by atoms with van der Waals surface area (Å²) in [6.07, 6.45) is 0. The maximum absolute atomic E-state index is 2.58. The van der Waals surface area contributed by atoms with Crippen LogP contribution in [0.1, 0.15) is 20.8 Å². The van der Waals surface area contributed by atoms with Gasteiger partial charge >= 0.3 is 0 Å². The van der Waals surface area contributed by atoms with E-state index in [-0.39, 0.29) is 0 Å². The molecule has 0 spiro atoms. The molecule has 0 N–H and O–H groups in total. The zero-order valence-electron chi connectivity index (χ0n) is 7.51. The maximum Gasteiger partial charge on any atom is 0.0120 e. The van der Waals surface area contributed by atoms with Crippen LogP contribution in [0, 0.1) is 17.8 Å². The lowest BCUT2D eigenvalue weighted by Crippen LogP contribution is -2.24. The lowest BCUT2D eigenvalue weighted by atomic mass is 9.85. The molecule has 2 heteroatoms. The summed E-state index contributed by atoms with van der Waals surface area (Å²) in [6, 6.07) is 0. The molecule has 1 aliphatic heterocycles. The summed E-state index contributed by atoms with van der Waals surface area (Å²) in [6.45, 7) is 7.08. The summed E-state index contributed by atoms with van der Waals surface area (Å²) >= 11 is 4.72. The molecule has 0 nitrogen and oxygen atoms in total. The average molecular weight is 284 g/mol. The van der Waals surface area contributed by atoms with E-state index in [1.165, 1.54) is 11.5 Å². The van der Waals surface area contributed by atoms with Gasteiger partial charge in [0, 0.05) is 3.92 Å². The van der Waals surface area contributed by atoms with Crippen LogP contribution in [0.4, 0.5) is 0 Å². The topological polar surface area (TPSA) is 0 Å². The van der Waals surface area contributed by atoms with E-state index in [0.717, 1.165) is 21.7 Å². The molecule has 1 heterocycles. The summed E-state index contributed by atoms with van der Waals surface area (Å²) in [5.41, 5.74) is 0. The van der Waals surface area contributed by atoms with Gasteiger partial charge in [-0.1, -0.05) is 43.4 Å². The van der Waals surface area contributed by atoms with Gasteiger partial charge in [-0.05, 0) is 29.3 Å². The molecule has 0 aromatic rings. The highest BCUT2D eigenvalue weighted by Crippen LogP contribution is 2.39. The molecule has 1 saturated heterocycles. The first-order chi connectivity index (χ1) is 5.13. The molecule has 1 fully saturated rings. The zero-order valence-corrected chi connectivity index (χ0v) is 10.5. The predicted octanol–water partition coefficient (Wildman–Crippen LogP) is 3.45. The summed E-state index contributed by atoms with van der Waals surface area (Å²) in [7, 11) is 0. The van der Waals surface area contributed by atoms with E-state index in [2.05, 4.69) is 55.1 Å². The van der Waals surface area contributed by atoms with E-state index in [4.69, 9.17) is 0 Å². The lowest BCUT2D eigenvalue weighted by molar-refractivity contribution is 0.325. The van der Waals surface area contributed by atoms with Crippen LogP contribution in [0.15, 0.2) is 0 Å². The second-order valence-electron chi connectivity index (χ2n) is 3.79. The van der Waals surface area contributed by atoms with Gasteiger partial charge in [0.1, 0.15) is 0 Å². The van der Waals surface area contributed by atoms with Gasteiger partial charge in [-0.2, -0.15) is 11.8 Å². The molecule has 1 aliphatic rings. The molecule has 0 aromatic carbocycles. The van der Waals surface area contributed by atoms with Crippen LogP contribution < -0.4 is 0 Å². The van der Waals surface area contributed by atoms with Crippen LogP contribution in [0.5, 0.6) is 0 Å². The molecular weight excluding hydrogens is 267 g/mol. The molecule has 0 bridgehead atoms. The fourth-order valence-corrected chi connectivity index (χ4v) is 4.73. The SMILES string of the molecule is CC(C)C1CSCC1C(C)I. The molecule has 3 atom stereocenters. The first-order valence-corrected chi connectivity index (χ1v) is 6.74. The number of thioether (sulfide) groups is 1. The third kappa shape index (κ3) is 2.51. The summed E-state index contributed by atoms with van der Waals surface area (Å²) in [5.74, 6) is 5.63. The normalized spacial score (nSPS) is 34.6. The van der Waals surface area contributed by atoms with Crippen molar-refractivity contribution >= 4 is 34.4 Å². The number of rotatable bonds is 2. The van der Waals surface area contributed by atoms with Crippen molar-refractivity contribution in [2.45, 2.75) is 24.7 Å². The quantitative estimate of drug-likeness (QED) is 0.553. The Morgan fingerprint density at radius 2 is 1.73 bits per heavy atom. The minimum Gasteiger partial charge on any atom is -0.161 e. The molecule has 66 valence electrons. The smallest absolute Gasteiger partial charge is 0.0120 e. The number of hydrogen-bond acceptors (Lipinski definition) is 1. The zero-order chi connectivity index (χ0) is 8.43. The monoisotopic (exact) mass is 284 g/mol. The molecule has 3 unspecified atom stereocenters. The molecule has 0 radical (unpaired) electrons. The number of halogens is 1. The van der Waals surface area contributed by atoms with Crippen LogP contribution in [0.25, 0.3) is 0 Å². The minimum absolute atomic E-state index is 0.856. The van der Waals surface area contributed by atoms with Crippen molar-refractivity contribution in [3.8, 4) is 0 Å². The highest BCUT2D eigenvalue weighted by Gasteiger charge is 2.32. The van der Waals surface area contributed by atoms with Crippen LogP contribution in [-0.4, -0.2) is 15.4 Å². The largest absolute Gasteiger partial charge is 0.161 e. The molecule has 0 aliphatic carbocycles. The van der Waals surface area contributed by atoms with Gasteiger partial charge in [0.05, 0.1) is 0 Å². The Balaban J connectivity index is 2.51. The van der Waals surface area contributed by atoms with E-state index in [1.54, 1.807) is 0 Å². The Bertz CT molecular complexity index is 109. The fourth-order valence-electron chi connectivity index (χ4n) is 1.75. The van der Waals surface area contributed by atoms with Crippen LogP contribution in [0.3, 0.4) is 0 Å². The second kappa shape index (κ2) is 4.35. The van der Waals surface area contributed by atoms with Crippen molar-refractivity contribution < 1.29 is 0 Å². The van der Waals surface area contributed by atoms with Crippen molar-refractivity contribution in [1.82, 2.24) is 0 Å². The maximum atomic E-state index is 2.58. The van der Waals surface area contributed by atoms with E-state index >= 15 is 0 Å². The molecule has 11 heavy (non-hydrogen) atoms. The molecule has 0 saturated carbocycles. The standard InChI is InChI=1S/C9H17IS/c1-6(2)8-4-11-5-9(8)7(3)10/h6-9H,4-5H2,1-3H3. The van der Waals surface area contributed by atoms with Crippen molar-refractivity contribution in [3.05, 3.63) is 0 Å². The molecule has 0 aromatic heterocycles. The van der Waals surface area contributed by atoms with E-state index in [0.29, 0.717) is 0 Å². The van der Waals surface area contributed by atoms with E-state index in [1.807, 2.05) is 0 Å². The average Bonchev–Trinajstić information content (AvgIpc) is 2.32. The second-order valence-corrected chi connectivity index (χ2v) is 6.83. The van der Waals surface area contributed by atoms with Crippen LogP contribution in [-0.2, 0) is 0 Å². The van der Waals surface area contributed by atoms with Crippen molar-refractivity contribution in [3.63, 3.8) is 0 Å². The molecular formula is C9H17IS. The van der Waals surface area contributed by atoms with Crippen molar-refractivity contribution in [1.29, 1.82) is 0 Å². The number of alkyl halides is 1. The first kappa shape index (κ1) is 10.2. The Kier molecular flexibility index (Phi) is 4.02. The predicted molar refractivity (Wildman–Crippen MR) is 62.6 cm³/mol. The third-order valence-corrected chi connectivity index (χ3v) is 4.78. The van der Waals surface area contributed by atoms with Crippen LogP contribution in [0.2, 0.25) is 0 Å². The summed E-state index contributed by atoms with van der Waals surface area (Å²) in [4.78, 5) is 0. The Hall–Kier alpha value is 1.08. The Labute approximate surface area is 88.0 Å². The molecule has 0 amide bonds. The van der Waals surface area contributed by atoms with E-state index < -0.39 is 0 Å². The van der Waals surface area contributed by atoms with Crippen LogP contribution >= 0.6 is 34.4 Å². The fraction of sp³-hybridized carbons (Fsp3) is 1.00. The lowest BCUT2D eigenvalue weighted by Gasteiger charge is -2.24. The summed E-state index contributed by atoms with van der Waals surface area (Å²) in [5, 5.41) is 0. The highest BCUT2D eigenvalue weighted by atomic mass is 127. The third-order valence-electron chi connectivity index (χ3n) is 2.62. The Morgan fingerprint density at radius 3 is 2.09 bits per heavy atom.